The van der Waals surface area contributed by atoms with Crippen LogP contribution in [0.3, 0.4) is 0 Å². The number of aromatic nitrogens is 5. The summed E-state index contributed by atoms with van der Waals surface area (Å²) in [5, 5.41) is 8.52. The van der Waals surface area contributed by atoms with Crippen molar-refractivity contribution in [2.45, 2.75) is 78.4 Å². The van der Waals surface area contributed by atoms with Crippen molar-refractivity contribution in [3.63, 3.8) is 0 Å². The standard InChI is InChI=1S/C35H37BrN8O3/c1-19-6-7-27(36)39-31(19)40-32(46)25-12-34(4)13-26(34)44(25)28(45)16-43-30-20(2)10-22(23-14-37-21(3)38-15-23)11-24(30)29(41-43)33(47)42-17-35(18-42)8-5-9-35/h6-7,10-11,14-15,25-26H,5,8-9,12-13,16-18H2,1-4H3,(H,39,40,46). The highest BCUT2D eigenvalue weighted by Gasteiger charge is 2.64. The fourth-order valence-corrected chi connectivity index (χ4v) is 8.27. The number of benzene rings is 1. The fraction of sp³-hybridized carbons (Fsp3) is 0.457. The number of amides is 3. The molecule has 2 aliphatic heterocycles. The van der Waals surface area contributed by atoms with Crippen LogP contribution in [0.1, 0.15) is 66.5 Å². The zero-order valence-electron chi connectivity index (χ0n) is 27.0. The first-order chi connectivity index (χ1) is 22.4. The Balaban J connectivity index is 1.12. The zero-order valence-corrected chi connectivity index (χ0v) is 28.6. The minimum atomic E-state index is -0.622. The number of hydrogen-bond acceptors (Lipinski definition) is 7. The third-order valence-corrected chi connectivity index (χ3v) is 11.4. The molecular formula is C35H37BrN8O3. The number of nitrogens with one attached hydrogen (secondary N) is 1. The van der Waals surface area contributed by atoms with Crippen LogP contribution in [0.25, 0.3) is 22.0 Å². The average molecular weight is 698 g/mol. The van der Waals surface area contributed by atoms with Gasteiger partial charge >= 0.3 is 0 Å². The molecular weight excluding hydrogens is 660 g/mol. The third kappa shape index (κ3) is 5.03. The first-order valence-corrected chi connectivity index (χ1v) is 17.1. The van der Waals surface area contributed by atoms with E-state index in [0.717, 1.165) is 47.3 Å². The summed E-state index contributed by atoms with van der Waals surface area (Å²) in [4.78, 5) is 58.7. The lowest BCUT2D eigenvalue weighted by Gasteiger charge is -2.55. The summed E-state index contributed by atoms with van der Waals surface area (Å²) >= 11 is 3.38. The normalized spacial score (nSPS) is 23.8. The summed E-state index contributed by atoms with van der Waals surface area (Å²) in [5.74, 6) is 0.612. The van der Waals surface area contributed by atoms with Crippen LogP contribution in [0.5, 0.6) is 0 Å². The van der Waals surface area contributed by atoms with E-state index in [2.05, 4.69) is 43.1 Å². The van der Waals surface area contributed by atoms with Gasteiger partial charge in [-0.25, -0.2) is 15.0 Å². The van der Waals surface area contributed by atoms with Gasteiger partial charge in [0.1, 0.15) is 28.8 Å². The van der Waals surface area contributed by atoms with Crippen molar-refractivity contribution in [3.8, 4) is 11.1 Å². The molecule has 8 rings (SSSR count). The van der Waals surface area contributed by atoms with Gasteiger partial charge in [-0.3, -0.25) is 19.1 Å². The molecule has 0 bridgehead atoms. The molecule has 4 aliphatic rings. The smallest absolute Gasteiger partial charge is 0.275 e. The molecule has 4 fully saturated rings. The summed E-state index contributed by atoms with van der Waals surface area (Å²) < 4.78 is 2.29. The van der Waals surface area contributed by atoms with Crippen molar-refractivity contribution in [1.82, 2.24) is 34.5 Å². The van der Waals surface area contributed by atoms with Gasteiger partial charge in [-0.2, -0.15) is 5.10 Å². The Labute approximate surface area is 281 Å². The van der Waals surface area contributed by atoms with Crippen molar-refractivity contribution >= 4 is 50.4 Å². The molecule has 2 saturated heterocycles. The number of carbonyl (C=O) groups is 3. The number of aryl methyl sites for hydroxylation is 3. The SMILES string of the molecule is Cc1ncc(-c2cc(C)c3c(c2)c(C(=O)N2CC4(CCC4)C2)nn3CC(=O)N2C(C(=O)Nc3nc(Br)ccc3C)CC3(C)CC23)cn1. The maximum atomic E-state index is 14.2. The van der Waals surface area contributed by atoms with Gasteiger partial charge < -0.3 is 15.1 Å². The van der Waals surface area contributed by atoms with E-state index in [9.17, 15) is 14.4 Å². The van der Waals surface area contributed by atoms with Gasteiger partial charge in [-0.1, -0.05) is 19.4 Å². The van der Waals surface area contributed by atoms with Gasteiger partial charge in [-0.05, 0) is 103 Å². The summed E-state index contributed by atoms with van der Waals surface area (Å²) in [6, 6.07) is 7.07. The topological polar surface area (TPSA) is 126 Å². The number of piperidine rings is 1. The maximum Gasteiger partial charge on any atom is 0.275 e. The molecule has 1 aromatic carbocycles. The summed E-state index contributed by atoms with van der Waals surface area (Å²) in [6.45, 7) is 9.26. The van der Waals surface area contributed by atoms with E-state index in [1.165, 1.54) is 19.3 Å². The lowest BCUT2D eigenvalue weighted by atomic mass is 9.63. The van der Waals surface area contributed by atoms with Crippen LogP contribution in [0.2, 0.25) is 0 Å². The predicted octanol–water partition coefficient (Wildman–Crippen LogP) is 5.22. The summed E-state index contributed by atoms with van der Waals surface area (Å²) in [5.41, 5.74) is 4.72. The van der Waals surface area contributed by atoms with E-state index in [4.69, 9.17) is 5.10 Å². The quantitative estimate of drug-likeness (QED) is 0.274. The van der Waals surface area contributed by atoms with Crippen LogP contribution in [-0.2, 0) is 16.1 Å². The monoisotopic (exact) mass is 696 g/mol. The first kappa shape index (κ1) is 30.2. The van der Waals surface area contributed by atoms with Crippen LogP contribution in [0, 0.1) is 31.6 Å². The van der Waals surface area contributed by atoms with Gasteiger partial charge in [0.25, 0.3) is 5.91 Å². The molecule has 1 N–H and O–H groups in total. The molecule has 3 amide bonds. The van der Waals surface area contributed by atoms with Crippen molar-refractivity contribution in [1.29, 1.82) is 0 Å². The van der Waals surface area contributed by atoms with E-state index < -0.39 is 6.04 Å². The molecule has 1 spiro atoms. The molecule has 12 heteroatoms. The van der Waals surface area contributed by atoms with Crippen molar-refractivity contribution in [2.24, 2.45) is 10.8 Å². The van der Waals surface area contributed by atoms with Gasteiger partial charge in [0.05, 0.1) is 5.52 Å². The number of hydrogen-bond donors (Lipinski definition) is 1. The van der Waals surface area contributed by atoms with Crippen molar-refractivity contribution in [2.75, 3.05) is 18.4 Å². The highest BCUT2D eigenvalue weighted by atomic mass is 79.9. The molecule has 47 heavy (non-hydrogen) atoms. The van der Waals surface area contributed by atoms with Crippen LogP contribution in [-0.4, -0.2) is 77.4 Å². The molecule has 5 heterocycles. The molecule has 242 valence electrons. The molecule has 2 aliphatic carbocycles. The highest BCUT2D eigenvalue weighted by molar-refractivity contribution is 9.10. The Kier molecular flexibility index (Phi) is 6.84. The second-order valence-corrected chi connectivity index (χ2v) is 15.2. The van der Waals surface area contributed by atoms with Crippen molar-refractivity contribution in [3.05, 3.63) is 63.9 Å². The van der Waals surface area contributed by atoms with Gasteiger partial charge in [0.2, 0.25) is 11.8 Å². The van der Waals surface area contributed by atoms with Crippen molar-refractivity contribution < 1.29 is 14.4 Å². The Bertz CT molecular complexity index is 1980. The Hall–Kier alpha value is -4.19. The van der Waals surface area contributed by atoms with E-state index in [1.54, 1.807) is 22.0 Å². The van der Waals surface area contributed by atoms with Gasteiger partial charge in [0.15, 0.2) is 5.69 Å². The summed E-state index contributed by atoms with van der Waals surface area (Å²) in [7, 11) is 0. The average Bonchev–Trinajstić information content (AvgIpc) is 3.34. The molecule has 11 nitrogen and oxygen atoms in total. The molecule has 2 saturated carbocycles. The van der Waals surface area contributed by atoms with E-state index in [-0.39, 0.29) is 41.1 Å². The van der Waals surface area contributed by atoms with Crippen LogP contribution in [0.15, 0.2) is 41.3 Å². The number of rotatable bonds is 6. The second kappa shape index (κ2) is 10.7. The fourth-order valence-electron chi connectivity index (χ4n) is 7.96. The van der Waals surface area contributed by atoms with E-state index >= 15 is 0 Å². The predicted molar refractivity (Wildman–Crippen MR) is 179 cm³/mol. The van der Waals surface area contributed by atoms with Crippen LogP contribution >= 0.6 is 15.9 Å². The molecule has 0 radical (unpaired) electrons. The number of likely N-dealkylation sites (tertiary alicyclic amines) is 2. The number of pyridine rings is 1. The first-order valence-electron chi connectivity index (χ1n) is 16.3. The number of anilines is 1. The number of nitrogens with zero attached hydrogens (tertiary/aromatic N) is 7. The lowest BCUT2D eigenvalue weighted by molar-refractivity contribution is -0.138. The second-order valence-electron chi connectivity index (χ2n) is 14.4. The Morgan fingerprint density at radius 3 is 2.45 bits per heavy atom. The van der Waals surface area contributed by atoms with Gasteiger partial charge in [0, 0.05) is 47.9 Å². The van der Waals surface area contributed by atoms with Crippen LogP contribution in [0.4, 0.5) is 5.82 Å². The largest absolute Gasteiger partial charge is 0.336 e. The lowest BCUT2D eigenvalue weighted by Crippen LogP contribution is -2.61. The van der Waals surface area contributed by atoms with Gasteiger partial charge in [-0.15, -0.1) is 0 Å². The highest BCUT2D eigenvalue weighted by Crippen LogP contribution is 2.59. The molecule has 3 unspecified atom stereocenters. The van der Waals surface area contributed by atoms with E-state index in [0.29, 0.717) is 33.7 Å². The minimum absolute atomic E-state index is 0.0146. The minimum Gasteiger partial charge on any atom is -0.336 e. The summed E-state index contributed by atoms with van der Waals surface area (Å²) in [6.07, 6.45) is 8.56. The number of carbonyl (C=O) groups excluding carboxylic acids is 3. The number of halogens is 1. The van der Waals surface area contributed by atoms with E-state index in [1.807, 2.05) is 49.9 Å². The Morgan fingerprint density at radius 2 is 1.74 bits per heavy atom. The molecule has 3 atom stereocenters. The maximum absolute atomic E-state index is 14.2. The third-order valence-electron chi connectivity index (χ3n) is 10.9. The zero-order chi connectivity index (χ0) is 32.8. The number of fused-ring (bicyclic) bond motifs is 2. The Morgan fingerprint density at radius 1 is 1.00 bits per heavy atom. The van der Waals surface area contributed by atoms with Crippen LogP contribution < -0.4 is 5.32 Å². The molecule has 3 aromatic heterocycles. The molecule has 4 aromatic rings.